The first kappa shape index (κ1) is 21.3. The minimum atomic E-state index is -0.314. The highest BCUT2D eigenvalue weighted by Crippen LogP contribution is 2.28. The molecule has 4 nitrogen and oxygen atoms in total. The van der Waals surface area contributed by atoms with Gasteiger partial charge in [0.05, 0.1) is 6.61 Å². The van der Waals surface area contributed by atoms with Crippen LogP contribution < -0.4 is 0 Å². The Bertz CT molecular complexity index is 1050. The van der Waals surface area contributed by atoms with E-state index >= 15 is 0 Å². The largest absolute Gasteiger partial charge is 0.463 e. The number of esters is 1. The molecule has 1 aliphatic heterocycles. The first-order valence-corrected chi connectivity index (χ1v) is 11.0. The van der Waals surface area contributed by atoms with Crippen LogP contribution in [0.4, 0.5) is 4.39 Å². The fourth-order valence-electron chi connectivity index (χ4n) is 4.30. The molecule has 0 N–H and O–H groups in total. The number of fused-ring (bicyclic) bond motifs is 1. The highest BCUT2D eigenvalue weighted by Gasteiger charge is 2.21. The van der Waals surface area contributed by atoms with E-state index < -0.39 is 0 Å². The van der Waals surface area contributed by atoms with Crippen molar-refractivity contribution in [2.75, 3.05) is 26.2 Å². The van der Waals surface area contributed by atoms with Crippen molar-refractivity contribution in [3.8, 4) is 0 Å². The molecule has 1 aromatic heterocycles. The smallest absolute Gasteiger partial charge is 0.330 e. The van der Waals surface area contributed by atoms with E-state index in [1.165, 1.54) is 34.7 Å². The van der Waals surface area contributed by atoms with Gasteiger partial charge in [-0.15, -0.1) is 0 Å². The highest BCUT2D eigenvalue weighted by molar-refractivity contribution is 5.89. The summed E-state index contributed by atoms with van der Waals surface area (Å²) in [4.78, 5) is 14.1. The van der Waals surface area contributed by atoms with Gasteiger partial charge in [0.15, 0.2) is 0 Å². The minimum absolute atomic E-state index is 0.178. The summed E-state index contributed by atoms with van der Waals surface area (Å²) in [6.45, 7) is 5.32. The molecular weight excluding hydrogens is 391 g/mol. The standard InChI is InChI=1S/C26H29FN2O2/c1-2-31-26(30)10-6-21-3-7-22-12-18-29(25(22)19-21)24-13-16-28(17-14-24)15-11-20-4-8-23(27)9-5-20/h3-10,12,18-19,24H,2,11,13-17H2,1H3/b10-6+. The van der Waals surface area contributed by atoms with Gasteiger partial charge >= 0.3 is 5.97 Å². The van der Waals surface area contributed by atoms with Crippen LogP contribution >= 0.6 is 0 Å². The van der Waals surface area contributed by atoms with Crippen molar-refractivity contribution < 1.29 is 13.9 Å². The zero-order chi connectivity index (χ0) is 21.6. The summed E-state index contributed by atoms with van der Waals surface area (Å²) >= 11 is 0. The third kappa shape index (κ3) is 5.42. The van der Waals surface area contributed by atoms with Crippen molar-refractivity contribution in [2.45, 2.75) is 32.2 Å². The molecule has 2 aromatic carbocycles. The molecule has 0 unspecified atom stereocenters. The Balaban J connectivity index is 1.37. The fraction of sp³-hybridized carbons (Fsp3) is 0.346. The number of halogens is 1. The molecule has 1 saturated heterocycles. The second kappa shape index (κ2) is 9.92. The van der Waals surface area contributed by atoms with E-state index in [1.54, 1.807) is 6.92 Å². The summed E-state index contributed by atoms with van der Waals surface area (Å²) in [5, 5.41) is 1.21. The number of rotatable bonds is 7. The van der Waals surface area contributed by atoms with E-state index in [9.17, 15) is 9.18 Å². The highest BCUT2D eigenvalue weighted by atomic mass is 19.1. The third-order valence-corrected chi connectivity index (χ3v) is 6.03. The molecule has 0 aliphatic carbocycles. The molecule has 3 aromatic rings. The number of nitrogens with zero attached hydrogens (tertiary/aromatic N) is 2. The number of ether oxygens (including phenoxy) is 1. The Labute approximate surface area is 182 Å². The van der Waals surface area contributed by atoms with Crippen LogP contribution in [0.15, 0.2) is 60.8 Å². The van der Waals surface area contributed by atoms with Crippen LogP contribution in [-0.2, 0) is 16.0 Å². The maximum Gasteiger partial charge on any atom is 0.330 e. The summed E-state index contributed by atoms with van der Waals surface area (Å²) in [5.41, 5.74) is 3.39. The van der Waals surface area contributed by atoms with Crippen LogP contribution in [0.5, 0.6) is 0 Å². The second-order valence-electron chi connectivity index (χ2n) is 8.08. The predicted octanol–water partition coefficient (Wildman–Crippen LogP) is 5.24. The monoisotopic (exact) mass is 420 g/mol. The van der Waals surface area contributed by atoms with Crippen molar-refractivity contribution in [3.63, 3.8) is 0 Å². The SMILES string of the molecule is CCOC(=O)/C=C/c1ccc2ccn(C3CCN(CCc4ccc(F)cc4)CC3)c2c1. The van der Waals surface area contributed by atoms with Crippen molar-refractivity contribution >= 4 is 22.9 Å². The minimum Gasteiger partial charge on any atom is -0.463 e. The van der Waals surface area contributed by atoms with Gasteiger partial charge in [0.25, 0.3) is 0 Å². The van der Waals surface area contributed by atoms with E-state index in [-0.39, 0.29) is 11.8 Å². The van der Waals surface area contributed by atoms with Crippen molar-refractivity contribution in [3.05, 3.63) is 77.7 Å². The van der Waals surface area contributed by atoms with Crippen LogP contribution in [0.1, 0.15) is 36.9 Å². The number of carbonyl (C=O) groups excluding carboxylic acids is 1. The summed E-state index contributed by atoms with van der Waals surface area (Å²) in [6.07, 6.45) is 8.65. The average Bonchev–Trinajstić information content (AvgIpc) is 3.21. The third-order valence-electron chi connectivity index (χ3n) is 6.03. The maximum absolute atomic E-state index is 13.1. The second-order valence-corrected chi connectivity index (χ2v) is 8.08. The van der Waals surface area contributed by atoms with Gasteiger partial charge in [0.1, 0.15) is 5.82 Å². The van der Waals surface area contributed by atoms with Gasteiger partial charge in [0, 0.05) is 43.5 Å². The lowest BCUT2D eigenvalue weighted by Gasteiger charge is -2.33. The normalized spacial score (nSPS) is 15.7. The zero-order valence-corrected chi connectivity index (χ0v) is 18.0. The van der Waals surface area contributed by atoms with Crippen molar-refractivity contribution in [2.24, 2.45) is 0 Å². The summed E-state index contributed by atoms with van der Waals surface area (Å²) in [7, 11) is 0. The van der Waals surface area contributed by atoms with Gasteiger partial charge in [-0.25, -0.2) is 9.18 Å². The summed E-state index contributed by atoms with van der Waals surface area (Å²) in [5.74, 6) is -0.492. The first-order valence-electron chi connectivity index (χ1n) is 11.0. The van der Waals surface area contributed by atoms with E-state index in [2.05, 4.69) is 33.9 Å². The lowest BCUT2D eigenvalue weighted by atomic mass is 10.0. The molecule has 0 amide bonds. The number of likely N-dealkylation sites (tertiary alicyclic amines) is 1. The van der Waals surface area contributed by atoms with E-state index in [0.717, 1.165) is 44.5 Å². The van der Waals surface area contributed by atoms with E-state index in [4.69, 9.17) is 4.74 Å². The molecule has 5 heteroatoms. The molecule has 0 radical (unpaired) electrons. The number of piperidine rings is 1. The van der Waals surface area contributed by atoms with Gasteiger partial charge in [-0.2, -0.15) is 0 Å². The van der Waals surface area contributed by atoms with Gasteiger partial charge in [-0.1, -0.05) is 24.3 Å². The molecule has 0 saturated carbocycles. The number of hydrogen-bond acceptors (Lipinski definition) is 3. The Kier molecular flexibility index (Phi) is 6.82. The molecular formula is C26H29FN2O2. The number of hydrogen-bond donors (Lipinski definition) is 0. The fourth-order valence-corrected chi connectivity index (χ4v) is 4.30. The molecule has 0 spiro atoms. The van der Waals surface area contributed by atoms with Crippen molar-refractivity contribution in [1.29, 1.82) is 0 Å². The predicted molar refractivity (Wildman–Crippen MR) is 122 cm³/mol. The first-order chi connectivity index (χ1) is 15.1. The molecule has 1 aliphatic rings. The van der Waals surface area contributed by atoms with Crippen LogP contribution in [-0.4, -0.2) is 41.7 Å². The Morgan fingerprint density at radius 1 is 1.13 bits per heavy atom. The Morgan fingerprint density at radius 3 is 2.65 bits per heavy atom. The summed E-state index contributed by atoms with van der Waals surface area (Å²) < 4.78 is 20.4. The van der Waals surface area contributed by atoms with E-state index in [1.807, 2.05) is 24.3 Å². The van der Waals surface area contributed by atoms with Crippen molar-refractivity contribution in [1.82, 2.24) is 9.47 Å². The van der Waals surface area contributed by atoms with Crippen LogP contribution in [0, 0.1) is 5.82 Å². The topological polar surface area (TPSA) is 34.5 Å². The quantitative estimate of drug-likeness (QED) is 0.387. The molecule has 162 valence electrons. The van der Waals surface area contributed by atoms with Gasteiger partial charge in [-0.3, -0.25) is 0 Å². The molecule has 0 bridgehead atoms. The Hall–Kier alpha value is -2.92. The lowest BCUT2D eigenvalue weighted by molar-refractivity contribution is -0.137. The van der Waals surface area contributed by atoms with Gasteiger partial charge in [-0.05, 0) is 73.0 Å². The lowest BCUT2D eigenvalue weighted by Crippen LogP contribution is -2.35. The van der Waals surface area contributed by atoms with E-state index in [0.29, 0.717) is 12.6 Å². The molecule has 31 heavy (non-hydrogen) atoms. The van der Waals surface area contributed by atoms with Gasteiger partial charge in [0.2, 0.25) is 0 Å². The number of aromatic nitrogens is 1. The van der Waals surface area contributed by atoms with Crippen LogP contribution in [0.25, 0.3) is 17.0 Å². The molecule has 4 rings (SSSR count). The zero-order valence-electron chi connectivity index (χ0n) is 18.0. The molecule has 1 fully saturated rings. The average molecular weight is 421 g/mol. The Morgan fingerprint density at radius 2 is 1.90 bits per heavy atom. The molecule has 0 atom stereocenters. The maximum atomic E-state index is 13.1. The van der Waals surface area contributed by atoms with Gasteiger partial charge < -0.3 is 14.2 Å². The number of carbonyl (C=O) groups is 1. The number of benzene rings is 2. The summed E-state index contributed by atoms with van der Waals surface area (Å²) in [6, 6.07) is 15.7. The molecule has 2 heterocycles. The van der Waals surface area contributed by atoms with Crippen LogP contribution in [0.3, 0.4) is 0 Å². The van der Waals surface area contributed by atoms with Crippen LogP contribution in [0.2, 0.25) is 0 Å².